The lowest BCUT2D eigenvalue weighted by Gasteiger charge is -2.24. The third-order valence-electron chi connectivity index (χ3n) is 8.33. The quantitative estimate of drug-likeness (QED) is 0.212. The summed E-state index contributed by atoms with van der Waals surface area (Å²) in [4.78, 5) is 34.5. The molecule has 1 amide bonds. The number of carbonyl (C=O) groups is 2. The molecule has 0 spiro atoms. The number of carboxylic acids is 1. The number of halogens is 3. The van der Waals surface area contributed by atoms with E-state index in [0.717, 1.165) is 17.7 Å². The number of aromatic nitrogens is 3. The molecule has 0 bridgehead atoms. The SMILES string of the molecule is CC(=O)N1C[C@H](O)C[C@@H]1Cn1c(Cc2cc(F)c(-c3cccc(OCc4ccc(C)cc4F)n3)cc2F)nc2ccc(C(=O)O)cc21. The lowest BCUT2D eigenvalue weighted by atomic mass is 10.0. The number of ether oxygens (including phenoxy) is 1. The molecular formula is C35H31F3N4O5. The Bertz CT molecular complexity index is 2010. The topological polar surface area (TPSA) is 118 Å². The van der Waals surface area contributed by atoms with Gasteiger partial charge in [-0.25, -0.2) is 27.9 Å². The van der Waals surface area contributed by atoms with Crippen molar-refractivity contribution < 1.29 is 37.7 Å². The minimum absolute atomic E-state index is 0.00149. The normalized spacial score (nSPS) is 16.2. The number of aliphatic hydroxyl groups excluding tert-OH is 1. The van der Waals surface area contributed by atoms with E-state index in [1.54, 1.807) is 40.7 Å². The third-order valence-corrected chi connectivity index (χ3v) is 8.33. The van der Waals surface area contributed by atoms with E-state index >= 15 is 8.78 Å². The van der Waals surface area contributed by atoms with Gasteiger partial charge in [0.25, 0.3) is 0 Å². The minimum atomic E-state index is -1.14. The lowest BCUT2D eigenvalue weighted by Crippen LogP contribution is -2.37. The van der Waals surface area contributed by atoms with Gasteiger partial charge in [0.05, 0.1) is 34.4 Å². The van der Waals surface area contributed by atoms with Gasteiger partial charge in [-0.1, -0.05) is 18.2 Å². The van der Waals surface area contributed by atoms with E-state index < -0.39 is 35.6 Å². The molecule has 47 heavy (non-hydrogen) atoms. The van der Waals surface area contributed by atoms with Crippen LogP contribution in [0.5, 0.6) is 5.88 Å². The number of aryl methyl sites for hydroxylation is 1. The highest BCUT2D eigenvalue weighted by Gasteiger charge is 2.34. The molecular weight excluding hydrogens is 613 g/mol. The van der Waals surface area contributed by atoms with E-state index in [1.165, 1.54) is 37.3 Å². The van der Waals surface area contributed by atoms with E-state index in [-0.39, 0.29) is 60.3 Å². The van der Waals surface area contributed by atoms with E-state index in [4.69, 9.17) is 4.74 Å². The number of carboxylic acid groups (broad SMARTS) is 1. The van der Waals surface area contributed by atoms with E-state index in [1.807, 2.05) is 0 Å². The number of β-amino-alcohol motifs (C(OH)–C–C–N with tert-alkyl or cyclic N) is 1. The van der Waals surface area contributed by atoms with Gasteiger partial charge in [-0.05, 0) is 66.9 Å². The second kappa shape index (κ2) is 12.9. The molecule has 12 heteroatoms. The van der Waals surface area contributed by atoms with Gasteiger partial charge < -0.3 is 24.4 Å². The van der Waals surface area contributed by atoms with Crippen molar-refractivity contribution in [3.05, 3.63) is 112 Å². The molecule has 1 aliphatic rings. The van der Waals surface area contributed by atoms with Crippen LogP contribution in [0.4, 0.5) is 13.2 Å². The number of rotatable bonds is 9. The fourth-order valence-electron chi connectivity index (χ4n) is 5.96. The van der Waals surface area contributed by atoms with Crippen LogP contribution in [0, 0.1) is 24.4 Å². The Labute approximate surface area is 267 Å². The molecule has 3 aromatic carbocycles. The monoisotopic (exact) mass is 644 g/mol. The number of imidazole rings is 1. The van der Waals surface area contributed by atoms with Crippen molar-refractivity contribution in [3.8, 4) is 17.1 Å². The zero-order valence-corrected chi connectivity index (χ0v) is 25.6. The molecule has 2 atom stereocenters. The van der Waals surface area contributed by atoms with Crippen molar-refractivity contribution in [1.29, 1.82) is 0 Å². The van der Waals surface area contributed by atoms with Crippen LogP contribution in [-0.4, -0.2) is 60.2 Å². The highest BCUT2D eigenvalue weighted by molar-refractivity contribution is 5.92. The van der Waals surface area contributed by atoms with Gasteiger partial charge in [-0.2, -0.15) is 0 Å². The van der Waals surface area contributed by atoms with Crippen molar-refractivity contribution in [3.63, 3.8) is 0 Å². The average molecular weight is 645 g/mol. The maximum atomic E-state index is 15.7. The summed E-state index contributed by atoms with van der Waals surface area (Å²) in [7, 11) is 0. The summed E-state index contributed by atoms with van der Waals surface area (Å²) in [6.07, 6.45) is -0.573. The summed E-state index contributed by atoms with van der Waals surface area (Å²) in [5.41, 5.74) is 2.03. The minimum Gasteiger partial charge on any atom is -0.478 e. The average Bonchev–Trinajstić information content (AvgIpc) is 3.57. The Hall–Kier alpha value is -5.23. The van der Waals surface area contributed by atoms with Crippen LogP contribution >= 0.6 is 0 Å². The predicted molar refractivity (Wildman–Crippen MR) is 166 cm³/mol. The molecule has 2 aromatic heterocycles. The summed E-state index contributed by atoms with van der Waals surface area (Å²) >= 11 is 0. The molecule has 1 aliphatic heterocycles. The number of amides is 1. The number of pyridine rings is 1. The largest absolute Gasteiger partial charge is 0.478 e. The first kappa shape index (κ1) is 31.7. The summed E-state index contributed by atoms with van der Waals surface area (Å²) in [5.74, 6) is -2.81. The highest BCUT2D eigenvalue weighted by atomic mass is 19.1. The maximum Gasteiger partial charge on any atom is 0.335 e. The number of likely N-dealkylation sites (tertiary alicyclic amines) is 1. The van der Waals surface area contributed by atoms with Crippen LogP contribution in [0.25, 0.3) is 22.3 Å². The second-order valence-electron chi connectivity index (χ2n) is 11.7. The summed E-state index contributed by atoms with van der Waals surface area (Å²) < 4.78 is 52.8. The molecule has 0 unspecified atom stereocenters. The van der Waals surface area contributed by atoms with Crippen molar-refractivity contribution in [2.75, 3.05) is 6.54 Å². The van der Waals surface area contributed by atoms with Crippen LogP contribution in [-0.2, 0) is 24.4 Å². The van der Waals surface area contributed by atoms with E-state index in [2.05, 4.69) is 9.97 Å². The number of carbonyl (C=O) groups excluding carboxylic acids is 1. The predicted octanol–water partition coefficient (Wildman–Crippen LogP) is 5.67. The van der Waals surface area contributed by atoms with Gasteiger partial charge in [0.2, 0.25) is 11.8 Å². The van der Waals surface area contributed by atoms with Crippen LogP contribution in [0.15, 0.2) is 66.7 Å². The summed E-state index contributed by atoms with van der Waals surface area (Å²) in [6.45, 7) is 3.40. The Morgan fingerprint density at radius 2 is 1.74 bits per heavy atom. The van der Waals surface area contributed by atoms with Crippen molar-refractivity contribution in [2.45, 2.75) is 52.0 Å². The zero-order chi connectivity index (χ0) is 33.4. The summed E-state index contributed by atoms with van der Waals surface area (Å²) in [5, 5.41) is 19.9. The molecule has 2 N–H and O–H groups in total. The molecule has 0 saturated carbocycles. The maximum absolute atomic E-state index is 15.7. The molecule has 0 aliphatic carbocycles. The number of hydrogen-bond donors (Lipinski definition) is 2. The van der Waals surface area contributed by atoms with Gasteiger partial charge in [0, 0.05) is 43.6 Å². The molecule has 1 saturated heterocycles. The standard InChI is InChI=1S/C35H31F3N4O5/c1-19-6-7-22(27(36)10-19)18-47-34-5-3-4-30(40-34)26-15-28(37)23(11-29(26)38)13-33-39-31-9-8-21(35(45)46)12-32(31)42(33)16-24-14-25(44)17-41(24)20(2)43/h3-12,15,24-25,44H,13-14,16-18H2,1-2H3,(H,45,46)/t24-,25-/m1/s1. The smallest absolute Gasteiger partial charge is 0.335 e. The fraction of sp³-hybridized carbons (Fsp3) is 0.257. The number of fused-ring (bicyclic) bond motifs is 1. The molecule has 5 aromatic rings. The zero-order valence-electron chi connectivity index (χ0n) is 25.6. The second-order valence-corrected chi connectivity index (χ2v) is 11.7. The molecule has 1 fully saturated rings. The van der Waals surface area contributed by atoms with E-state index in [0.29, 0.717) is 28.8 Å². The molecule has 3 heterocycles. The van der Waals surface area contributed by atoms with Crippen molar-refractivity contribution >= 4 is 22.9 Å². The number of aromatic carboxylic acids is 1. The van der Waals surface area contributed by atoms with Crippen LogP contribution < -0.4 is 4.74 Å². The van der Waals surface area contributed by atoms with Gasteiger partial charge in [0.15, 0.2) is 0 Å². The third kappa shape index (κ3) is 6.68. The van der Waals surface area contributed by atoms with Gasteiger partial charge in [0.1, 0.15) is 29.9 Å². The Balaban J connectivity index is 1.30. The first-order valence-corrected chi connectivity index (χ1v) is 15.0. The Morgan fingerprint density at radius 1 is 0.957 bits per heavy atom. The molecule has 9 nitrogen and oxygen atoms in total. The van der Waals surface area contributed by atoms with E-state index in [9.17, 15) is 24.2 Å². The first-order chi connectivity index (χ1) is 22.5. The van der Waals surface area contributed by atoms with Gasteiger partial charge >= 0.3 is 5.97 Å². The Morgan fingerprint density at radius 3 is 2.49 bits per heavy atom. The van der Waals surface area contributed by atoms with Gasteiger partial charge in [-0.15, -0.1) is 0 Å². The molecule has 0 radical (unpaired) electrons. The number of benzene rings is 3. The number of aliphatic hydroxyl groups is 1. The highest BCUT2D eigenvalue weighted by Crippen LogP contribution is 2.30. The van der Waals surface area contributed by atoms with Crippen LogP contribution in [0.1, 0.15) is 46.2 Å². The Kier molecular flexibility index (Phi) is 8.69. The lowest BCUT2D eigenvalue weighted by molar-refractivity contribution is -0.130. The van der Waals surface area contributed by atoms with Crippen LogP contribution in [0.2, 0.25) is 0 Å². The summed E-state index contributed by atoms with van der Waals surface area (Å²) in [6, 6.07) is 15.5. The van der Waals surface area contributed by atoms with Gasteiger partial charge in [-0.3, -0.25) is 4.79 Å². The van der Waals surface area contributed by atoms with Crippen LogP contribution in [0.3, 0.4) is 0 Å². The van der Waals surface area contributed by atoms with Crippen molar-refractivity contribution in [2.24, 2.45) is 0 Å². The number of hydrogen-bond acceptors (Lipinski definition) is 6. The molecule has 6 rings (SSSR count). The van der Waals surface area contributed by atoms with Crippen molar-refractivity contribution in [1.82, 2.24) is 19.4 Å². The first-order valence-electron chi connectivity index (χ1n) is 15.0. The fourth-order valence-corrected chi connectivity index (χ4v) is 5.96. The number of nitrogens with zero attached hydrogens (tertiary/aromatic N) is 4. The molecule has 242 valence electrons.